The van der Waals surface area contributed by atoms with Crippen LogP contribution in [-0.2, 0) is 9.47 Å². The molecule has 0 aromatic heterocycles. The molecule has 0 heterocycles. The van der Waals surface area contributed by atoms with Gasteiger partial charge in [-0.15, -0.1) is 0 Å². The summed E-state index contributed by atoms with van der Waals surface area (Å²) in [6, 6.07) is 2.36. The first-order valence-electron chi connectivity index (χ1n) is 14.3. The lowest BCUT2D eigenvalue weighted by Crippen LogP contribution is -2.46. The van der Waals surface area contributed by atoms with Gasteiger partial charge in [0.2, 0.25) is 0 Å². The van der Waals surface area contributed by atoms with Crippen LogP contribution in [0.2, 0.25) is 0 Å². The van der Waals surface area contributed by atoms with Crippen molar-refractivity contribution in [3.8, 4) is 11.5 Å². The van der Waals surface area contributed by atoms with E-state index in [1.54, 1.807) is 12.3 Å². The molecule has 1 aromatic carbocycles. The molecule has 2 amide bonds. The van der Waals surface area contributed by atoms with Gasteiger partial charge in [0.1, 0.15) is 22.7 Å². The molecule has 4 atom stereocenters. The van der Waals surface area contributed by atoms with E-state index in [4.69, 9.17) is 14.5 Å². The predicted molar refractivity (Wildman–Crippen MR) is 156 cm³/mol. The fraction of sp³-hybridized carbons (Fsp3) is 0.667. The van der Waals surface area contributed by atoms with Gasteiger partial charge < -0.3 is 30.3 Å². The van der Waals surface area contributed by atoms with E-state index in [0.717, 1.165) is 51.4 Å². The third-order valence-corrected chi connectivity index (χ3v) is 6.89. The number of amides is 2. The molecular weight excluding hydrogens is 512 g/mol. The maximum absolute atomic E-state index is 12.3. The van der Waals surface area contributed by atoms with Gasteiger partial charge in [0.25, 0.3) is 0 Å². The number of phenolic OH excluding ortho intramolecular Hbond substituents is 2. The quantitative estimate of drug-likeness (QED) is 0.335. The molecule has 4 N–H and O–H groups in total. The van der Waals surface area contributed by atoms with E-state index in [1.165, 1.54) is 12.3 Å². The van der Waals surface area contributed by atoms with Crippen LogP contribution in [-0.4, -0.2) is 70.2 Å². The third kappa shape index (κ3) is 9.71. The molecule has 2 aliphatic rings. The fourth-order valence-electron chi connectivity index (χ4n) is 5.03. The number of aromatic hydroxyl groups is 2. The van der Waals surface area contributed by atoms with Crippen molar-refractivity contribution in [2.75, 3.05) is 0 Å². The molecule has 2 saturated carbocycles. The highest BCUT2D eigenvalue weighted by atomic mass is 16.6. The summed E-state index contributed by atoms with van der Waals surface area (Å²) < 4.78 is 10.8. The lowest BCUT2D eigenvalue weighted by molar-refractivity contribution is 0.0475. The van der Waals surface area contributed by atoms with Crippen molar-refractivity contribution in [1.82, 2.24) is 10.6 Å². The summed E-state index contributed by atoms with van der Waals surface area (Å²) in [5.41, 5.74) is -0.553. The van der Waals surface area contributed by atoms with Gasteiger partial charge in [-0.3, -0.25) is 9.98 Å². The molecule has 10 nitrogen and oxygen atoms in total. The van der Waals surface area contributed by atoms with Gasteiger partial charge in [0.05, 0.1) is 29.7 Å². The van der Waals surface area contributed by atoms with Crippen molar-refractivity contribution in [2.45, 2.75) is 128 Å². The maximum Gasteiger partial charge on any atom is 0.407 e. The lowest BCUT2D eigenvalue weighted by Gasteiger charge is -2.30. The van der Waals surface area contributed by atoms with E-state index in [2.05, 4.69) is 15.6 Å². The second kappa shape index (κ2) is 13.4. The average Bonchev–Trinajstić information content (AvgIpc) is 2.83. The minimum atomic E-state index is -0.597. The summed E-state index contributed by atoms with van der Waals surface area (Å²) in [4.78, 5) is 34.0. The number of ether oxygens (including phenoxy) is 2. The molecule has 10 heteroatoms. The van der Waals surface area contributed by atoms with Crippen LogP contribution in [0.15, 0.2) is 22.1 Å². The zero-order valence-corrected chi connectivity index (χ0v) is 24.7. The number of nitrogens with zero attached hydrogens (tertiary/aromatic N) is 2. The first kappa shape index (κ1) is 31.2. The normalized spacial score (nSPS) is 24.1. The zero-order chi connectivity index (χ0) is 29.5. The van der Waals surface area contributed by atoms with Crippen molar-refractivity contribution >= 4 is 24.6 Å². The molecule has 0 aliphatic heterocycles. The van der Waals surface area contributed by atoms with Gasteiger partial charge in [-0.25, -0.2) is 9.59 Å². The Morgan fingerprint density at radius 3 is 1.70 bits per heavy atom. The number of hydrogen-bond acceptors (Lipinski definition) is 8. The highest BCUT2D eigenvalue weighted by Gasteiger charge is 2.29. The highest BCUT2D eigenvalue weighted by molar-refractivity contribution is 5.94. The van der Waals surface area contributed by atoms with Crippen LogP contribution in [0.4, 0.5) is 9.59 Å². The van der Waals surface area contributed by atoms with Gasteiger partial charge in [0.15, 0.2) is 0 Å². The molecular formula is C30H46N4O6. The summed E-state index contributed by atoms with van der Waals surface area (Å²) >= 11 is 0. The number of carbonyl (C=O) groups excluding carboxylic acids is 2. The van der Waals surface area contributed by atoms with E-state index < -0.39 is 23.4 Å². The number of phenols is 2. The van der Waals surface area contributed by atoms with Gasteiger partial charge >= 0.3 is 12.2 Å². The molecule has 0 saturated heterocycles. The average molecular weight is 559 g/mol. The summed E-state index contributed by atoms with van der Waals surface area (Å²) in [5, 5.41) is 27.3. The van der Waals surface area contributed by atoms with E-state index in [9.17, 15) is 19.8 Å². The molecule has 0 spiro atoms. The van der Waals surface area contributed by atoms with Crippen molar-refractivity contribution in [2.24, 2.45) is 9.98 Å². The smallest absolute Gasteiger partial charge is 0.407 e. The van der Waals surface area contributed by atoms with Crippen molar-refractivity contribution in [3.05, 3.63) is 23.3 Å². The Morgan fingerprint density at radius 1 is 0.775 bits per heavy atom. The van der Waals surface area contributed by atoms with Gasteiger partial charge in [-0.05, 0) is 79.4 Å². The number of hydrogen-bond donors (Lipinski definition) is 4. The summed E-state index contributed by atoms with van der Waals surface area (Å²) in [5.74, 6) is -0.236. The van der Waals surface area contributed by atoms with E-state index in [0.29, 0.717) is 5.56 Å². The van der Waals surface area contributed by atoms with Gasteiger partial charge in [0, 0.05) is 18.0 Å². The Balaban J connectivity index is 1.72. The monoisotopic (exact) mass is 558 g/mol. The van der Waals surface area contributed by atoms with Crippen molar-refractivity contribution < 1.29 is 29.3 Å². The van der Waals surface area contributed by atoms with Gasteiger partial charge in [-0.1, -0.05) is 25.7 Å². The van der Waals surface area contributed by atoms with Crippen LogP contribution in [0.5, 0.6) is 11.5 Å². The number of rotatable bonds is 6. The second-order valence-electron chi connectivity index (χ2n) is 12.7. The summed E-state index contributed by atoms with van der Waals surface area (Å²) in [7, 11) is 0. The molecule has 2 aliphatic carbocycles. The fourth-order valence-corrected chi connectivity index (χ4v) is 5.03. The molecule has 0 bridgehead atoms. The molecule has 2 fully saturated rings. The van der Waals surface area contributed by atoms with Crippen LogP contribution in [0.1, 0.15) is 104 Å². The Kier molecular flexibility index (Phi) is 10.4. The Bertz CT molecular complexity index is 1090. The number of alkyl carbamates (subject to hydrolysis) is 2. The Morgan fingerprint density at radius 2 is 1.23 bits per heavy atom. The minimum Gasteiger partial charge on any atom is -0.507 e. The largest absolute Gasteiger partial charge is 0.507 e. The first-order chi connectivity index (χ1) is 18.7. The topological polar surface area (TPSA) is 142 Å². The maximum atomic E-state index is 12.3. The van der Waals surface area contributed by atoms with Crippen LogP contribution in [0, 0.1) is 0 Å². The molecule has 0 unspecified atom stereocenters. The predicted octanol–water partition coefficient (Wildman–Crippen LogP) is 5.61. The SMILES string of the molecule is CC(C)(C)OC(=O)N[C@H]1CCCC[C@@H]1N=Cc1ccc(O)c(C=N[C@H]2CCCC[C@@H]2NC(=O)OC(C)(C)C)c1O. The van der Waals surface area contributed by atoms with Crippen molar-refractivity contribution in [1.29, 1.82) is 0 Å². The first-order valence-corrected chi connectivity index (χ1v) is 14.3. The van der Waals surface area contributed by atoms with E-state index >= 15 is 0 Å². The number of benzene rings is 1. The number of aliphatic imine (C=N–C) groups is 2. The van der Waals surface area contributed by atoms with Crippen LogP contribution in [0.3, 0.4) is 0 Å². The summed E-state index contributed by atoms with van der Waals surface area (Å²) in [6.45, 7) is 10.9. The summed E-state index contributed by atoms with van der Waals surface area (Å²) in [6.07, 6.45) is 9.17. The number of carbonyl (C=O) groups is 2. The molecule has 1 aromatic rings. The zero-order valence-electron chi connectivity index (χ0n) is 24.7. The van der Waals surface area contributed by atoms with Crippen molar-refractivity contribution in [3.63, 3.8) is 0 Å². The lowest BCUT2D eigenvalue weighted by atomic mass is 9.90. The van der Waals surface area contributed by atoms with Crippen LogP contribution >= 0.6 is 0 Å². The van der Waals surface area contributed by atoms with Gasteiger partial charge in [-0.2, -0.15) is 0 Å². The number of nitrogens with one attached hydrogen (secondary N) is 2. The molecule has 222 valence electrons. The molecule has 40 heavy (non-hydrogen) atoms. The molecule has 0 radical (unpaired) electrons. The minimum absolute atomic E-state index is 0.104. The Labute approximate surface area is 237 Å². The van der Waals surface area contributed by atoms with E-state index in [-0.39, 0.29) is 41.2 Å². The Hall–Kier alpha value is -3.30. The highest BCUT2D eigenvalue weighted by Crippen LogP contribution is 2.30. The van der Waals surface area contributed by atoms with Crippen LogP contribution < -0.4 is 10.6 Å². The standard InChI is InChI=1S/C30H46N4O6/c1-29(2,3)39-27(37)33-23-13-9-7-11-21(23)31-17-19-15-16-25(35)20(26(19)36)18-32-22-12-8-10-14-24(22)34-28(38)40-30(4,5)6/h15-18,21-24,35-36H,7-14H2,1-6H3,(H,33,37)(H,34,38)/t21-,22-,23-,24-/m0/s1. The third-order valence-electron chi connectivity index (χ3n) is 6.89. The van der Waals surface area contributed by atoms with E-state index in [1.807, 2.05) is 41.5 Å². The second-order valence-corrected chi connectivity index (χ2v) is 12.7. The molecule has 3 rings (SSSR count). The van der Waals surface area contributed by atoms with Crippen LogP contribution in [0.25, 0.3) is 0 Å².